The lowest BCUT2D eigenvalue weighted by Crippen LogP contribution is -2.18. The van der Waals surface area contributed by atoms with E-state index in [9.17, 15) is 4.79 Å². The van der Waals surface area contributed by atoms with E-state index in [0.29, 0.717) is 0 Å². The topological polar surface area (TPSA) is 26.3 Å². The van der Waals surface area contributed by atoms with Gasteiger partial charge in [-0.1, -0.05) is 115 Å². The molecule has 0 N–H and O–H groups in total. The van der Waals surface area contributed by atoms with Crippen molar-refractivity contribution < 1.29 is 9.53 Å². The summed E-state index contributed by atoms with van der Waals surface area (Å²) >= 11 is 0. The second-order valence-corrected chi connectivity index (χ2v) is 8.59. The molecule has 5 aromatic carbocycles. The van der Waals surface area contributed by atoms with Crippen molar-refractivity contribution in [1.82, 2.24) is 0 Å². The van der Waals surface area contributed by atoms with Crippen molar-refractivity contribution in [2.75, 3.05) is 0 Å². The van der Waals surface area contributed by atoms with E-state index in [-0.39, 0.29) is 11.9 Å². The molecule has 0 saturated heterocycles. The van der Waals surface area contributed by atoms with E-state index >= 15 is 0 Å². The van der Waals surface area contributed by atoms with E-state index in [1.165, 1.54) is 0 Å². The van der Waals surface area contributed by atoms with Crippen LogP contribution in [-0.4, -0.2) is 5.97 Å². The van der Waals surface area contributed by atoms with Gasteiger partial charge in [-0.2, -0.15) is 0 Å². The number of hydrogen-bond acceptors (Lipinski definition) is 2. The highest BCUT2D eigenvalue weighted by Gasteiger charge is 2.26. The monoisotopic (exact) mass is 430 g/mol. The zero-order chi connectivity index (χ0) is 22.8. The van der Waals surface area contributed by atoms with Crippen molar-refractivity contribution in [2.24, 2.45) is 0 Å². The Kier molecular flexibility index (Phi) is 5.66. The summed E-state index contributed by atoms with van der Waals surface area (Å²) in [7, 11) is 0. The number of carbonyl (C=O) groups is 1. The molecule has 0 aliphatic carbocycles. The molecule has 0 heterocycles. The van der Waals surface area contributed by atoms with Gasteiger partial charge in [0.15, 0.2) is 6.10 Å². The Bertz CT molecular complexity index is 1360. The van der Waals surface area contributed by atoms with Gasteiger partial charge in [0.05, 0.1) is 5.92 Å². The first-order valence-corrected chi connectivity index (χ1v) is 11.3. The maximum atomic E-state index is 13.5. The third-order valence-corrected chi connectivity index (χ3v) is 6.34. The molecule has 0 saturated carbocycles. The molecule has 0 radical (unpaired) electrons. The highest BCUT2D eigenvalue weighted by molar-refractivity contribution is 5.90. The zero-order valence-corrected chi connectivity index (χ0v) is 18.9. The number of hydrogen-bond donors (Lipinski definition) is 0. The van der Waals surface area contributed by atoms with Crippen molar-refractivity contribution in [3.63, 3.8) is 0 Å². The summed E-state index contributed by atoms with van der Waals surface area (Å²) in [5, 5.41) is 4.44. The molecule has 5 rings (SSSR count). The number of fused-ring (bicyclic) bond motifs is 2. The maximum absolute atomic E-state index is 13.5. The van der Waals surface area contributed by atoms with Crippen molar-refractivity contribution >= 4 is 27.5 Å². The third-order valence-electron chi connectivity index (χ3n) is 6.34. The number of benzene rings is 5. The number of esters is 1. The van der Waals surface area contributed by atoms with Gasteiger partial charge in [-0.05, 0) is 41.0 Å². The maximum Gasteiger partial charge on any atom is 0.314 e. The molecular weight excluding hydrogens is 404 g/mol. The second kappa shape index (κ2) is 8.91. The number of aryl methyl sites for hydroxylation is 1. The molecule has 0 spiro atoms. The minimum atomic E-state index is -0.512. The Hall–Kier alpha value is -3.91. The summed E-state index contributed by atoms with van der Waals surface area (Å²) < 4.78 is 6.36. The van der Waals surface area contributed by atoms with Crippen LogP contribution in [-0.2, 0) is 9.53 Å². The molecule has 0 aliphatic rings. The lowest BCUT2D eigenvalue weighted by atomic mass is 9.92. The molecule has 162 valence electrons. The Morgan fingerprint density at radius 1 is 0.667 bits per heavy atom. The number of rotatable bonds is 5. The molecular formula is C31H26O2. The first kappa shape index (κ1) is 21.0. The normalized spacial score (nSPS) is 12.2. The van der Waals surface area contributed by atoms with Gasteiger partial charge in [0.1, 0.15) is 0 Å². The molecule has 2 nitrogen and oxygen atoms in total. The van der Waals surface area contributed by atoms with Crippen LogP contribution in [0.15, 0.2) is 109 Å². The third kappa shape index (κ3) is 4.12. The van der Waals surface area contributed by atoms with Crippen LogP contribution in [0.5, 0.6) is 0 Å². The van der Waals surface area contributed by atoms with Gasteiger partial charge in [0.25, 0.3) is 0 Å². The van der Waals surface area contributed by atoms with Gasteiger partial charge >= 0.3 is 5.97 Å². The van der Waals surface area contributed by atoms with Crippen molar-refractivity contribution in [1.29, 1.82) is 0 Å². The molecule has 0 fully saturated rings. The SMILES string of the molecule is Cc1cccc([C@@H](C)C(=O)OC(c2cccc3ccccc23)c2cccc3ccccc23)c1. The number of ether oxygens (including phenoxy) is 1. The van der Waals surface area contributed by atoms with E-state index in [1.807, 2.05) is 68.4 Å². The predicted octanol–water partition coefficient (Wildman–Crippen LogP) is 7.74. The van der Waals surface area contributed by atoms with Gasteiger partial charge in [-0.3, -0.25) is 4.79 Å². The van der Waals surface area contributed by atoms with Crippen molar-refractivity contribution in [2.45, 2.75) is 25.9 Å². The summed E-state index contributed by atoms with van der Waals surface area (Å²) in [6.45, 7) is 3.96. The average Bonchev–Trinajstić information content (AvgIpc) is 2.86. The van der Waals surface area contributed by atoms with Crippen molar-refractivity contribution in [3.8, 4) is 0 Å². The molecule has 0 bridgehead atoms. The highest BCUT2D eigenvalue weighted by Crippen LogP contribution is 2.36. The van der Waals surface area contributed by atoms with Crippen LogP contribution in [0.3, 0.4) is 0 Å². The van der Waals surface area contributed by atoms with Gasteiger partial charge in [-0.25, -0.2) is 0 Å². The lowest BCUT2D eigenvalue weighted by molar-refractivity contribution is -0.148. The van der Waals surface area contributed by atoms with Crippen LogP contribution in [0.25, 0.3) is 21.5 Å². The fourth-order valence-corrected chi connectivity index (χ4v) is 4.55. The molecule has 0 aliphatic heterocycles. The lowest BCUT2D eigenvalue weighted by Gasteiger charge is -2.24. The second-order valence-electron chi connectivity index (χ2n) is 8.59. The quantitative estimate of drug-likeness (QED) is 0.267. The van der Waals surface area contributed by atoms with Gasteiger partial charge in [0.2, 0.25) is 0 Å². The molecule has 0 amide bonds. The van der Waals surface area contributed by atoms with Crippen molar-refractivity contribution in [3.05, 3.63) is 131 Å². The van der Waals surface area contributed by atoms with Crippen LogP contribution in [0.2, 0.25) is 0 Å². The zero-order valence-electron chi connectivity index (χ0n) is 18.9. The molecule has 5 aromatic rings. The van der Waals surface area contributed by atoms with Crippen LogP contribution < -0.4 is 0 Å². The Morgan fingerprint density at radius 3 is 1.76 bits per heavy atom. The summed E-state index contributed by atoms with van der Waals surface area (Å²) in [6.07, 6.45) is -0.512. The average molecular weight is 431 g/mol. The molecule has 0 unspecified atom stereocenters. The first-order chi connectivity index (χ1) is 16.1. The largest absolute Gasteiger partial charge is 0.452 e. The van der Waals surface area contributed by atoms with Crippen LogP contribution in [0.4, 0.5) is 0 Å². The van der Waals surface area contributed by atoms with Gasteiger partial charge in [-0.15, -0.1) is 0 Å². The fourth-order valence-electron chi connectivity index (χ4n) is 4.55. The Morgan fingerprint density at radius 2 is 1.18 bits per heavy atom. The number of carbonyl (C=O) groups excluding carboxylic acids is 1. The smallest absolute Gasteiger partial charge is 0.314 e. The Labute approximate surface area is 194 Å². The first-order valence-electron chi connectivity index (χ1n) is 11.3. The molecule has 2 heteroatoms. The highest BCUT2D eigenvalue weighted by atomic mass is 16.5. The predicted molar refractivity (Wildman–Crippen MR) is 135 cm³/mol. The molecule has 1 atom stereocenters. The van der Waals surface area contributed by atoms with Gasteiger partial charge in [0, 0.05) is 11.1 Å². The minimum absolute atomic E-state index is 0.230. The van der Waals surface area contributed by atoms with Crippen LogP contribution in [0, 0.1) is 6.92 Å². The minimum Gasteiger partial charge on any atom is -0.452 e. The van der Waals surface area contributed by atoms with E-state index in [1.54, 1.807) is 0 Å². The standard InChI is InChI=1S/C31H26O2/c1-21-10-7-15-25(20-21)22(2)31(32)33-30(28-18-8-13-23-11-3-5-16-26(23)28)29-19-9-14-24-12-4-6-17-27(24)29/h3-20,22,30H,1-2H3/t22-/m1/s1. The molecule has 33 heavy (non-hydrogen) atoms. The summed E-state index contributed by atoms with van der Waals surface area (Å²) in [6, 6.07) is 37.0. The van der Waals surface area contributed by atoms with E-state index in [2.05, 4.69) is 54.6 Å². The van der Waals surface area contributed by atoms with Gasteiger partial charge < -0.3 is 4.74 Å². The van der Waals surface area contributed by atoms with Crippen LogP contribution in [0.1, 0.15) is 41.2 Å². The summed E-state index contributed by atoms with van der Waals surface area (Å²) in [5.41, 5.74) is 4.09. The van der Waals surface area contributed by atoms with Crippen LogP contribution >= 0.6 is 0 Å². The van der Waals surface area contributed by atoms with E-state index in [4.69, 9.17) is 4.74 Å². The summed E-state index contributed by atoms with van der Waals surface area (Å²) in [5.74, 6) is -0.594. The molecule has 0 aromatic heterocycles. The fraction of sp³-hybridized carbons (Fsp3) is 0.129. The Balaban J connectivity index is 1.64. The van der Waals surface area contributed by atoms with E-state index in [0.717, 1.165) is 43.8 Å². The van der Waals surface area contributed by atoms with E-state index < -0.39 is 6.10 Å². The summed E-state index contributed by atoms with van der Waals surface area (Å²) in [4.78, 5) is 13.5.